The summed E-state index contributed by atoms with van der Waals surface area (Å²) in [6.07, 6.45) is 6.31. The number of ether oxygens (including phenoxy) is 2. The number of rotatable bonds is 13. The zero-order chi connectivity index (χ0) is 26.9. The van der Waals surface area contributed by atoms with Crippen molar-refractivity contribution >= 4 is 5.69 Å². The summed E-state index contributed by atoms with van der Waals surface area (Å²) in [5.74, 6) is 1.44. The monoisotopic (exact) mass is 518 g/mol. The molecule has 0 saturated carbocycles. The molecule has 1 aliphatic rings. The summed E-state index contributed by atoms with van der Waals surface area (Å²) in [7, 11) is 1.68. The highest BCUT2D eigenvalue weighted by Crippen LogP contribution is 2.38. The van der Waals surface area contributed by atoms with Crippen molar-refractivity contribution in [3.63, 3.8) is 0 Å². The summed E-state index contributed by atoms with van der Waals surface area (Å²) in [6.45, 7) is 7.72. The van der Waals surface area contributed by atoms with Gasteiger partial charge in [0.05, 0.1) is 7.11 Å². The van der Waals surface area contributed by atoms with E-state index in [1.807, 2.05) is 30.3 Å². The van der Waals surface area contributed by atoms with Crippen LogP contribution in [-0.4, -0.2) is 38.0 Å². The molecule has 0 amide bonds. The number of phenolic OH excluding ortho intramolecular Hbond substituents is 1. The zero-order valence-corrected chi connectivity index (χ0v) is 22.4. The van der Waals surface area contributed by atoms with Gasteiger partial charge in [0, 0.05) is 24.3 Å². The Hall–Kier alpha value is -3.51. The fourth-order valence-electron chi connectivity index (χ4n) is 5.17. The molecule has 0 aromatic heterocycles. The highest BCUT2D eigenvalue weighted by Gasteiger charge is 2.23. The average Bonchev–Trinajstić information content (AvgIpc) is 2.91. The first-order valence-corrected chi connectivity index (χ1v) is 13.4. The van der Waals surface area contributed by atoms with E-state index < -0.39 is 0 Å². The Labute approximate surface area is 225 Å². The van der Waals surface area contributed by atoms with Crippen molar-refractivity contribution < 1.29 is 19.0 Å². The molecule has 3 aromatic rings. The van der Waals surface area contributed by atoms with E-state index in [0.29, 0.717) is 31.2 Å². The van der Waals surface area contributed by atoms with Crippen LogP contribution in [0.3, 0.4) is 0 Å². The molecule has 0 aliphatic heterocycles. The van der Waals surface area contributed by atoms with Gasteiger partial charge in [-0.3, -0.25) is 0 Å². The van der Waals surface area contributed by atoms with Gasteiger partial charge in [-0.05, 0) is 104 Å². The fraction of sp³-hybridized carbons (Fsp3) is 0.375. The highest BCUT2D eigenvalue weighted by molar-refractivity contribution is 5.58. The molecule has 5 nitrogen and oxygen atoms in total. The maximum absolute atomic E-state index is 14.7. The van der Waals surface area contributed by atoms with E-state index in [1.54, 1.807) is 25.3 Å². The van der Waals surface area contributed by atoms with Crippen LogP contribution in [0.1, 0.15) is 47.9 Å². The predicted octanol–water partition coefficient (Wildman–Crippen LogP) is 6.40. The van der Waals surface area contributed by atoms with Gasteiger partial charge in [-0.15, -0.1) is 6.58 Å². The molecule has 3 aromatic carbocycles. The Morgan fingerprint density at radius 2 is 1.97 bits per heavy atom. The molecule has 0 bridgehead atoms. The minimum atomic E-state index is -0.338. The van der Waals surface area contributed by atoms with Crippen molar-refractivity contribution in [3.05, 3.63) is 95.3 Å². The fourth-order valence-corrected chi connectivity index (χ4v) is 5.17. The molecular weight excluding hydrogens is 479 g/mol. The first-order valence-electron chi connectivity index (χ1n) is 13.4. The Morgan fingerprint density at radius 1 is 1.11 bits per heavy atom. The van der Waals surface area contributed by atoms with E-state index in [4.69, 9.17) is 9.47 Å². The minimum absolute atomic E-state index is 0.0777. The zero-order valence-electron chi connectivity index (χ0n) is 22.4. The number of hydrogen-bond acceptors (Lipinski definition) is 5. The lowest BCUT2D eigenvalue weighted by Crippen LogP contribution is -2.22. The molecule has 2 unspecified atom stereocenters. The van der Waals surface area contributed by atoms with Crippen LogP contribution in [0.2, 0.25) is 0 Å². The third-order valence-corrected chi connectivity index (χ3v) is 7.12. The number of aryl methyl sites for hydroxylation is 1. The lowest BCUT2D eigenvalue weighted by Gasteiger charge is -2.28. The lowest BCUT2D eigenvalue weighted by molar-refractivity contribution is 0.299. The Morgan fingerprint density at radius 3 is 2.76 bits per heavy atom. The second kappa shape index (κ2) is 13.3. The van der Waals surface area contributed by atoms with E-state index in [1.165, 1.54) is 16.7 Å². The maximum Gasteiger partial charge on any atom is 0.165 e. The van der Waals surface area contributed by atoms with Crippen molar-refractivity contribution in [3.8, 4) is 17.2 Å². The molecule has 0 fully saturated rings. The third kappa shape index (κ3) is 7.29. The summed E-state index contributed by atoms with van der Waals surface area (Å²) < 4.78 is 25.8. The van der Waals surface area contributed by atoms with Crippen LogP contribution in [0.5, 0.6) is 17.2 Å². The van der Waals surface area contributed by atoms with E-state index in [-0.39, 0.29) is 17.6 Å². The molecular formula is C32H39FN2O3. The molecule has 3 N–H and O–H groups in total. The van der Waals surface area contributed by atoms with Gasteiger partial charge in [0.1, 0.15) is 18.1 Å². The number of phenols is 1. The van der Waals surface area contributed by atoms with Crippen LogP contribution in [0.15, 0.2) is 67.3 Å². The molecule has 202 valence electrons. The average molecular weight is 519 g/mol. The lowest BCUT2D eigenvalue weighted by atomic mass is 9.79. The van der Waals surface area contributed by atoms with Crippen molar-refractivity contribution in [2.24, 2.45) is 0 Å². The summed E-state index contributed by atoms with van der Waals surface area (Å²) in [6, 6.07) is 17.2. The number of aromatic hydroxyl groups is 1. The van der Waals surface area contributed by atoms with Gasteiger partial charge < -0.3 is 25.2 Å². The normalized spacial score (nSPS) is 15.4. The van der Waals surface area contributed by atoms with Gasteiger partial charge in [-0.2, -0.15) is 0 Å². The molecule has 0 heterocycles. The van der Waals surface area contributed by atoms with Gasteiger partial charge in [0.15, 0.2) is 11.6 Å². The van der Waals surface area contributed by atoms with Crippen LogP contribution in [0.25, 0.3) is 0 Å². The molecule has 0 radical (unpaired) electrons. The van der Waals surface area contributed by atoms with Crippen LogP contribution in [0.4, 0.5) is 10.1 Å². The molecule has 1 aliphatic carbocycles. The first-order chi connectivity index (χ1) is 18.5. The van der Waals surface area contributed by atoms with E-state index in [0.717, 1.165) is 49.2 Å². The van der Waals surface area contributed by atoms with Crippen LogP contribution in [0, 0.1) is 5.82 Å². The summed E-state index contributed by atoms with van der Waals surface area (Å²) in [5, 5.41) is 16.7. The molecule has 6 heteroatoms. The number of anilines is 1. The van der Waals surface area contributed by atoms with Gasteiger partial charge in [0.2, 0.25) is 0 Å². The summed E-state index contributed by atoms with van der Waals surface area (Å²) >= 11 is 0. The van der Waals surface area contributed by atoms with Crippen molar-refractivity contribution in [1.29, 1.82) is 0 Å². The number of hydrogen-bond donors (Lipinski definition) is 3. The Bertz CT molecular complexity index is 1230. The Balaban J connectivity index is 1.40. The molecule has 0 spiro atoms. The van der Waals surface area contributed by atoms with E-state index >= 15 is 0 Å². The number of benzene rings is 3. The van der Waals surface area contributed by atoms with Crippen molar-refractivity contribution in [2.45, 2.75) is 51.0 Å². The molecule has 38 heavy (non-hydrogen) atoms. The van der Waals surface area contributed by atoms with Gasteiger partial charge in [0.25, 0.3) is 0 Å². The number of fused-ring (bicyclic) bond motifs is 1. The maximum atomic E-state index is 14.7. The second-order valence-electron chi connectivity index (χ2n) is 10.0. The van der Waals surface area contributed by atoms with Gasteiger partial charge >= 0.3 is 0 Å². The van der Waals surface area contributed by atoms with Crippen LogP contribution >= 0.6 is 0 Å². The van der Waals surface area contributed by atoms with E-state index in [2.05, 4.69) is 36.3 Å². The van der Waals surface area contributed by atoms with Gasteiger partial charge in [-0.25, -0.2) is 4.39 Å². The quantitative estimate of drug-likeness (QED) is 0.181. The van der Waals surface area contributed by atoms with Gasteiger partial charge in [-0.1, -0.05) is 24.3 Å². The first kappa shape index (κ1) is 27.5. The predicted molar refractivity (Wildman–Crippen MR) is 152 cm³/mol. The third-order valence-electron chi connectivity index (χ3n) is 7.12. The standard InChI is InChI=1S/C32H39FN2O3/c1-4-5-14-34-15-16-38-32-13-6-23(18-30(32)33)17-22(2)35-31-21-28(37-3)11-12-29(31)26-8-7-25-20-27(36)10-9-24(25)19-26/h4,6,9-13,18,20-22,26,34-36H,1,5,7-8,14-17,19H2,2-3H3. The highest BCUT2D eigenvalue weighted by atomic mass is 19.1. The number of halogens is 1. The smallest absolute Gasteiger partial charge is 0.165 e. The largest absolute Gasteiger partial charge is 0.508 e. The number of methoxy groups -OCH3 is 1. The molecule has 4 rings (SSSR count). The minimum Gasteiger partial charge on any atom is -0.508 e. The second-order valence-corrected chi connectivity index (χ2v) is 10.0. The van der Waals surface area contributed by atoms with Crippen molar-refractivity contribution in [2.75, 3.05) is 32.1 Å². The van der Waals surface area contributed by atoms with Crippen LogP contribution < -0.4 is 20.1 Å². The number of nitrogens with one attached hydrogen (secondary N) is 2. The topological polar surface area (TPSA) is 62.8 Å². The SMILES string of the molecule is C=CCCNCCOc1ccc(CC(C)Nc2cc(OC)ccc2C2CCc3cc(O)ccc3C2)cc1F. The molecule has 0 saturated heterocycles. The van der Waals surface area contributed by atoms with E-state index in [9.17, 15) is 9.50 Å². The molecule has 2 atom stereocenters. The van der Waals surface area contributed by atoms with Crippen molar-refractivity contribution in [1.82, 2.24) is 5.32 Å². The Kier molecular flexibility index (Phi) is 9.66. The summed E-state index contributed by atoms with van der Waals surface area (Å²) in [4.78, 5) is 0. The summed E-state index contributed by atoms with van der Waals surface area (Å²) in [5.41, 5.74) is 5.74. The van der Waals surface area contributed by atoms with Crippen LogP contribution in [-0.2, 0) is 19.3 Å².